The van der Waals surface area contributed by atoms with E-state index in [1.165, 1.54) is 6.07 Å². The molecule has 1 atom stereocenters. The Labute approximate surface area is 99.5 Å². The van der Waals surface area contributed by atoms with E-state index in [0.29, 0.717) is 0 Å². The Balaban J connectivity index is 2.85. The molecule has 4 N–H and O–H groups in total. The van der Waals surface area contributed by atoms with Crippen molar-refractivity contribution in [3.63, 3.8) is 0 Å². The number of nitrogens with one attached hydrogen (secondary N) is 1. The highest BCUT2D eigenvalue weighted by Crippen LogP contribution is 2.18. The van der Waals surface area contributed by atoms with Crippen molar-refractivity contribution in [2.75, 3.05) is 0 Å². The fourth-order valence-electron chi connectivity index (χ4n) is 1.18. The number of phenolic OH excluding ortho intramolecular Hbond substituents is 1. The van der Waals surface area contributed by atoms with Crippen molar-refractivity contribution < 1.29 is 9.90 Å². The first-order valence-electron chi connectivity index (χ1n) is 4.81. The molecule has 0 saturated carbocycles. The van der Waals surface area contributed by atoms with E-state index < -0.39 is 11.9 Å². The minimum atomic E-state index is -0.400. The highest BCUT2D eigenvalue weighted by Gasteiger charge is 2.14. The Hall–Kier alpha value is -1.62. The number of amides is 1. The molecule has 0 radical (unpaired) electrons. The summed E-state index contributed by atoms with van der Waals surface area (Å²) in [5, 5.41) is 12.2. The van der Waals surface area contributed by atoms with Crippen LogP contribution >= 0.6 is 12.2 Å². The van der Waals surface area contributed by atoms with Gasteiger partial charge in [0.2, 0.25) is 0 Å². The van der Waals surface area contributed by atoms with E-state index in [4.69, 9.17) is 18.0 Å². The molecule has 0 aliphatic rings. The molecule has 5 heteroatoms. The Kier molecular flexibility index (Phi) is 3.84. The summed E-state index contributed by atoms with van der Waals surface area (Å²) in [5.74, 6) is -0.439. The van der Waals surface area contributed by atoms with E-state index in [-0.39, 0.29) is 16.3 Å². The lowest BCUT2D eigenvalue weighted by molar-refractivity contribution is 0.0946. The molecule has 0 bridgehead atoms. The van der Waals surface area contributed by atoms with E-state index in [9.17, 15) is 9.90 Å². The number of aryl methyl sites for hydroxylation is 1. The molecular weight excluding hydrogens is 224 g/mol. The maximum Gasteiger partial charge on any atom is 0.255 e. The first-order valence-corrected chi connectivity index (χ1v) is 5.22. The van der Waals surface area contributed by atoms with Gasteiger partial charge in [0.05, 0.1) is 16.6 Å². The molecule has 0 saturated heterocycles. The molecule has 1 aromatic rings. The topological polar surface area (TPSA) is 75.4 Å². The van der Waals surface area contributed by atoms with Gasteiger partial charge in [0.25, 0.3) is 5.91 Å². The second-order valence-corrected chi connectivity index (χ2v) is 4.09. The number of nitrogens with two attached hydrogens (primary N) is 1. The highest BCUT2D eigenvalue weighted by molar-refractivity contribution is 7.80. The molecule has 4 nitrogen and oxygen atoms in total. The van der Waals surface area contributed by atoms with E-state index in [2.05, 4.69) is 5.32 Å². The number of aromatic hydroxyl groups is 1. The van der Waals surface area contributed by atoms with Crippen molar-refractivity contribution in [1.82, 2.24) is 5.32 Å². The molecule has 0 aromatic heterocycles. The van der Waals surface area contributed by atoms with Crippen molar-refractivity contribution in [3.8, 4) is 5.75 Å². The van der Waals surface area contributed by atoms with Gasteiger partial charge in [-0.15, -0.1) is 0 Å². The lowest BCUT2D eigenvalue weighted by atomic mass is 10.1. The third kappa shape index (κ3) is 2.93. The van der Waals surface area contributed by atoms with Gasteiger partial charge in [-0.2, -0.15) is 0 Å². The quantitative estimate of drug-likeness (QED) is 0.689. The van der Waals surface area contributed by atoms with Crippen LogP contribution in [0.3, 0.4) is 0 Å². The highest BCUT2D eigenvalue weighted by atomic mass is 32.1. The SMILES string of the molecule is Cc1ccc(C(=O)NC(C)C(N)=S)c(O)c1. The zero-order valence-corrected chi connectivity index (χ0v) is 9.97. The summed E-state index contributed by atoms with van der Waals surface area (Å²) >= 11 is 4.74. The molecule has 0 aliphatic heterocycles. The second-order valence-electron chi connectivity index (χ2n) is 3.62. The van der Waals surface area contributed by atoms with Gasteiger partial charge in [-0.25, -0.2) is 0 Å². The van der Waals surface area contributed by atoms with Gasteiger partial charge in [0, 0.05) is 0 Å². The first kappa shape index (κ1) is 12.4. The third-order valence-electron chi connectivity index (χ3n) is 2.17. The Bertz CT molecular complexity index is 432. The average Bonchev–Trinajstić information content (AvgIpc) is 2.16. The van der Waals surface area contributed by atoms with Gasteiger partial charge in [0.15, 0.2) is 0 Å². The van der Waals surface area contributed by atoms with E-state index >= 15 is 0 Å². The Morgan fingerprint density at radius 3 is 2.69 bits per heavy atom. The number of hydrogen-bond donors (Lipinski definition) is 3. The predicted molar refractivity (Wildman–Crippen MR) is 66.6 cm³/mol. The standard InChI is InChI=1S/C11H14N2O2S/c1-6-3-4-8(9(14)5-6)11(15)13-7(2)10(12)16/h3-5,7,14H,1-2H3,(H2,12,16)(H,13,15). The van der Waals surface area contributed by atoms with Crippen LogP contribution in [0.25, 0.3) is 0 Å². The summed E-state index contributed by atoms with van der Waals surface area (Å²) in [7, 11) is 0. The van der Waals surface area contributed by atoms with Crippen LogP contribution in [0.2, 0.25) is 0 Å². The zero-order chi connectivity index (χ0) is 12.3. The molecule has 0 aliphatic carbocycles. The molecule has 86 valence electrons. The number of hydrogen-bond acceptors (Lipinski definition) is 3. The van der Waals surface area contributed by atoms with Crippen LogP contribution in [0.5, 0.6) is 5.75 Å². The molecule has 0 spiro atoms. The molecule has 1 unspecified atom stereocenters. The Morgan fingerprint density at radius 1 is 1.56 bits per heavy atom. The van der Waals surface area contributed by atoms with Crippen LogP contribution in [0.4, 0.5) is 0 Å². The molecule has 1 amide bonds. The van der Waals surface area contributed by atoms with Crippen LogP contribution in [-0.2, 0) is 0 Å². The van der Waals surface area contributed by atoms with E-state index in [1.807, 2.05) is 6.92 Å². The van der Waals surface area contributed by atoms with Crippen molar-refractivity contribution in [2.24, 2.45) is 5.73 Å². The molecule has 1 aromatic carbocycles. The number of carbonyl (C=O) groups excluding carboxylic acids is 1. The van der Waals surface area contributed by atoms with Crippen LogP contribution in [0.15, 0.2) is 18.2 Å². The summed E-state index contributed by atoms with van der Waals surface area (Å²) in [6.45, 7) is 3.52. The van der Waals surface area contributed by atoms with Gasteiger partial charge in [0.1, 0.15) is 5.75 Å². The number of phenols is 1. The minimum absolute atomic E-state index is 0.0485. The third-order valence-corrected chi connectivity index (χ3v) is 2.53. The van der Waals surface area contributed by atoms with Crippen molar-refractivity contribution in [1.29, 1.82) is 0 Å². The summed E-state index contributed by atoms with van der Waals surface area (Å²) < 4.78 is 0. The summed E-state index contributed by atoms with van der Waals surface area (Å²) in [4.78, 5) is 11.9. The number of benzene rings is 1. The summed E-state index contributed by atoms with van der Waals surface area (Å²) in [5.41, 5.74) is 6.48. The normalized spacial score (nSPS) is 11.9. The molecule has 1 rings (SSSR count). The zero-order valence-electron chi connectivity index (χ0n) is 9.15. The maximum atomic E-state index is 11.7. The molecule has 16 heavy (non-hydrogen) atoms. The predicted octanol–water partition coefficient (Wildman–Crippen LogP) is 1.11. The number of thiocarbonyl (C=S) groups is 1. The van der Waals surface area contributed by atoms with Crippen molar-refractivity contribution in [3.05, 3.63) is 29.3 Å². The minimum Gasteiger partial charge on any atom is -0.507 e. The van der Waals surface area contributed by atoms with Crippen LogP contribution in [0.1, 0.15) is 22.8 Å². The maximum absolute atomic E-state index is 11.7. The smallest absolute Gasteiger partial charge is 0.255 e. The molecule has 0 fully saturated rings. The fraction of sp³-hybridized carbons (Fsp3) is 0.273. The monoisotopic (exact) mass is 238 g/mol. The largest absolute Gasteiger partial charge is 0.507 e. The van der Waals surface area contributed by atoms with E-state index in [1.54, 1.807) is 19.1 Å². The Morgan fingerprint density at radius 2 is 2.19 bits per heavy atom. The second kappa shape index (κ2) is 4.94. The van der Waals surface area contributed by atoms with Crippen molar-refractivity contribution >= 4 is 23.1 Å². The van der Waals surface area contributed by atoms with Crippen molar-refractivity contribution in [2.45, 2.75) is 19.9 Å². The van der Waals surface area contributed by atoms with Gasteiger partial charge in [-0.1, -0.05) is 18.3 Å². The van der Waals surface area contributed by atoms with Crippen LogP contribution in [0, 0.1) is 6.92 Å². The fourth-order valence-corrected chi connectivity index (χ4v) is 1.24. The lowest BCUT2D eigenvalue weighted by Crippen LogP contribution is -2.41. The van der Waals surface area contributed by atoms with Gasteiger partial charge in [-0.3, -0.25) is 4.79 Å². The van der Waals surface area contributed by atoms with Gasteiger partial charge in [-0.05, 0) is 31.5 Å². The average molecular weight is 238 g/mol. The number of carbonyl (C=O) groups is 1. The van der Waals surface area contributed by atoms with Gasteiger partial charge < -0.3 is 16.2 Å². The summed E-state index contributed by atoms with van der Waals surface area (Å²) in [6.07, 6.45) is 0. The summed E-state index contributed by atoms with van der Waals surface area (Å²) in [6, 6.07) is 4.44. The molecular formula is C11H14N2O2S. The lowest BCUT2D eigenvalue weighted by Gasteiger charge is -2.12. The van der Waals surface area contributed by atoms with Crippen LogP contribution < -0.4 is 11.1 Å². The molecule has 0 heterocycles. The van der Waals surface area contributed by atoms with Crippen LogP contribution in [-0.4, -0.2) is 22.0 Å². The first-order chi connectivity index (χ1) is 7.41. The number of rotatable bonds is 3. The van der Waals surface area contributed by atoms with Gasteiger partial charge >= 0.3 is 0 Å². The van der Waals surface area contributed by atoms with E-state index in [0.717, 1.165) is 5.56 Å².